The predicted octanol–water partition coefficient (Wildman–Crippen LogP) is 2.19. The molecule has 0 saturated carbocycles. The van der Waals surface area contributed by atoms with Crippen LogP contribution in [0, 0.1) is 0 Å². The van der Waals surface area contributed by atoms with Crippen molar-refractivity contribution in [1.82, 2.24) is 20.2 Å². The summed E-state index contributed by atoms with van der Waals surface area (Å²) in [7, 11) is 0. The normalized spacial score (nSPS) is 16.3. The van der Waals surface area contributed by atoms with Crippen molar-refractivity contribution in [3.63, 3.8) is 0 Å². The van der Waals surface area contributed by atoms with Crippen molar-refractivity contribution in [2.75, 3.05) is 56.2 Å². The molecule has 3 amide bonds. The molecule has 1 aromatic heterocycles. The number of nitrogens with zero attached hydrogens (tertiary/aromatic N) is 3. The van der Waals surface area contributed by atoms with E-state index in [0.29, 0.717) is 36.9 Å². The van der Waals surface area contributed by atoms with Gasteiger partial charge in [-0.25, -0.2) is 9.78 Å². The summed E-state index contributed by atoms with van der Waals surface area (Å²) >= 11 is 0. The maximum atomic E-state index is 12.4. The molecule has 0 radical (unpaired) electrons. The first-order chi connectivity index (χ1) is 16.1. The van der Waals surface area contributed by atoms with Crippen LogP contribution < -0.4 is 25.0 Å². The molecule has 5 rings (SSSR count). The van der Waals surface area contributed by atoms with Crippen LogP contribution in [0.25, 0.3) is 11.0 Å². The summed E-state index contributed by atoms with van der Waals surface area (Å²) in [6.07, 6.45) is 0.897. The van der Waals surface area contributed by atoms with Gasteiger partial charge in [-0.2, -0.15) is 0 Å². The molecule has 1 fully saturated rings. The average molecular weight is 450 g/mol. The van der Waals surface area contributed by atoms with Crippen LogP contribution in [0.4, 0.5) is 16.4 Å². The Bertz CT molecular complexity index is 1130. The molecule has 33 heavy (non-hydrogen) atoms. The number of imide groups is 1. The van der Waals surface area contributed by atoms with Crippen molar-refractivity contribution in [2.45, 2.75) is 6.42 Å². The Morgan fingerprint density at radius 1 is 1.00 bits per heavy atom. The first-order valence-electron chi connectivity index (χ1n) is 11.1. The lowest BCUT2D eigenvalue weighted by molar-refractivity contribution is -0.121. The summed E-state index contributed by atoms with van der Waals surface area (Å²) in [6.45, 7) is 4.19. The Kier molecular flexibility index (Phi) is 5.99. The number of nitrogens with one attached hydrogen (secondary N) is 3. The van der Waals surface area contributed by atoms with E-state index in [9.17, 15) is 9.59 Å². The molecule has 2 aliphatic rings. The highest BCUT2D eigenvalue weighted by Crippen LogP contribution is 2.32. The second kappa shape index (κ2) is 9.37. The maximum absolute atomic E-state index is 12.4. The Labute approximate surface area is 190 Å². The SMILES string of the molecule is O=C(CN1CCCN(c2nc3ccccc3[nH]2)CC1)NC(=O)Nc1ccc2c(c1)OCCO2. The zero-order valence-electron chi connectivity index (χ0n) is 18.2. The number of hydrogen-bond donors (Lipinski definition) is 3. The van der Waals surface area contributed by atoms with Gasteiger partial charge in [0.1, 0.15) is 13.2 Å². The first-order valence-corrected chi connectivity index (χ1v) is 11.1. The van der Waals surface area contributed by atoms with Crippen molar-refractivity contribution in [3.8, 4) is 11.5 Å². The number of carbonyl (C=O) groups excluding carboxylic acids is 2. The van der Waals surface area contributed by atoms with Crippen LogP contribution in [0.1, 0.15) is 6.42 Å². The number of benzene rings is 2. The standard InChI is InChI=1S/C23H26N6O4/c30-21(27-23(31)24-16-6-7-19-20(14-16)33-13-12-32-19)15-28-8-3-9-29(11-10-28)22-25-17-4-1-2-5-18(17)26-22/h1-2,4-7,14H,3,8-13,15H2,(H,25,26)(H2,24,27,30,31). The molecule has 0 bridgehead atoms. The van der Waals surface area contributed by atoms with Crippen LogP contribution >= 0.6 is 0 Å². The van der Waals surface area contributed by atoms with E-state index in [1.165, 1.54) is 0 Å². The third-order valence-corrected chi connectivity index (χ3v) is 5.69. The van der Waals surface area contributed by atoms with Gasteiger partial charge < -0.3 is 24.7 Å². The Morgan fingerprint density at radius 2 is 1.85 bits per heavy atom. The Balaban J connectivity index is 1.11. The molecule has 172 valence electrons. The van der Waals surface area contributed by atoms with Crippen LogP contribution in [0.2, 0.25) is 0 Å². The summed E-state index contributed by atoms with van der Waals surface area (Å²) in [4.78, 5) is 37.0. The van der Waals surface area contributed by atoms with E-state index in [0.717, 1.165) is 43.0 Å². The van der Waals surface area contributed by atoms with Gasteiger partial charge in [-0.3, -0.25) is 15.0 Å². The molecule has 1 saturated heterocycles. The molecule has 0 unspecified atom stereocenters. The summed E-state index contributed by atoms with van der Waals surface area (Å²) < 4.78 is 11.0. The number of rotatable bonds is 4. The molecule has 10 heteroatoms. The number of imidazole rings is 1. The van der Waals surface area contributed by atoms with Gasteiger partial charge in [-0.05, 0) is 30.7 Å². The minimum absolute atomic E-state index is 0.155. The molecule has 3 heterocycles. The lowest BCUT2D eigenvalue weighted by Gasteiger charge is -2.21. The average Bonchev–Trinajstić information content (AvgIpc) is 3.11. The van der Waals surface area contributed by atoms with E-state index >= 15 is 0 Å². The Morgan fingerprint density at radius 3 is 2.73 bits per heavy atom. The summed E-state index contributed by atoms with van der Waals surface area (Å²) in [5, 5.41) is 5.07. The lowest BCUT2D eigenvalue weighted by atomic mass is 10.2. The molecule has 2 aliphatic heterocycles. The number of amides is 3. The summed E-state index contributed by atoms with van der Waals surface area (Å²) in [6, 6.07) is 12.5. The molecule has 3 N–H and O–H groups in total. The van der Waals surface area contributed by atoms with Gasteiger partial charge in [0, 0.05) is 37.9 Å². The minimum atomic E-state index is -0.574. The van der Waals surface area contributed by atoms with Gasteiger partial charge in [0.25, 0.3) is 0 Å². The highest BCUT2D eigenvalue weighted by Gasteiger charge is 2.20. The van der Waals surface area contributed by atoms with Gasteiger partial charge in [-0.1, -0.05) is 12.1 Å². The zero-order chi connectivity index (χ0) is 22.6. The number of para-hydroxylation sites is 2. The smallest absolute Gasteiger partial charge is 0.325 e. The number of hydrogen-bond acceptors (Lipinski definition) is 7. The van der Waals surface area contributed by atoms with Gasteiger partial charge in [-0.15, -0.1) is 0 Å². The quantitative estimate of drug-likeness (QED) is 0.559. The van der Waals surface area contributed by atoms with E-state index in [4.69, 9.17) is 9.47 Å². The number of urea groups is 1. The fourth-order valence-electron chi connectivity index (χ4n) is 4.08. The van der Waals surface area contributed by atoms with Crippen LogP contribution in [0.3, 0.4) is 0 Å². The van der Waals surface area contributed by atoms with E-state index in [2.05, 4.69) is 30.4 Å². The molecule has 0 aliphatic carbocycles. The van der Waals surface area contributed by atoms with Crippen molar-refractivity contribution in [3.05, 3.63) is 42.5 Å². The molecule has 0 atom stereocenters. The van der Waals surface area contributed by atoms with Gasteiger partial charge in [0.2, 0.25) is 11.9 Å². The van der Waals surface area contributed by atoms with Crippen LogP contribution in [0.15, 0.2) is 42.5 Å². The molecule has 3 aromatic rings. The lowest BCUT2D eigenvalue weighted by Crippen LogP contribution is -2.43. The fraction of sp³-hybridized carbons (Fsp3) is 0.348. The largest absolute Gasteiger partial charge is 0.486 e. The van der Waals surface area contributed by atoms with Crippen molar-refractivity contribution >= 4 is 34.6 Å². The van der Waals surface area contributed by atoms with Crippen LogP contribution in [-0.4, -0.2) is 72.7 Å². The third-order valence-electron chi connectivity index (χ3n) is 5.69. The molecular weight excluding hydrogens is 424 g/mol. The molecule has 10 nitrogen and oxygen atoms in total. The van der Waals surface area contributed by atoms with Crippen molar-refractivity contribution in [1.29, 1.82) is 0 Å². The molecule has 0 spiro atoms. The van der Waals surface area contributed by atoms with E-state index in [1.807, 2.05) is 24.3 Å². The zero-order valence-corrected chi connectivity index (χ0v) is 18.2. The first kappa shape index (κ1) is 21.1. The van der Waals surface area contributed by atoms with E-state index < -0.39 is 6.03 Å². The minimum Gasteiger partial charge on any atom is -0.486 e. The van der Waals surface area contributed by atoms with Gasteiger partial charge in [0.05, 0.1) is 17.6 Å². The van der Waals surface area contributed by atoms with Gasteiger partial charge in [0.15, 0.2) is 11.5 Å². The monoisotopic (exact) mass is 450 g/mol. The van der Waals surface area contributed by atoms with E-state index in [-0.39, 0.29) is 12.5 Å². The van der Waals surface area contributed by atoms with Crippen molar-refractivity contribution in [2.24, 2.45) is 0 Å². The molecule has 2 aromatic carbocycles. The van der Waals surface area contributed by atoms with E-state index in [1.54, 1.807) is 18.2 Å². The second-order valence-electron chi connectivity index (χ2n) is 8.06. The maximum Gasteiger partial charge on any atom is 0.325 e. The Hall–Kier alpha value is -3.79. The highest BCUT2D eigenvalue weighted by molar-refractivity contribution is 6.01. The predicted molar refractivity (Wildman–Crippen MR) is 124 cm³/mol. The van der Waals surface area contributed by atoms with Crippen molar-refractivity contribution < 1.29 is 19.1 Å². The highest BCUT2D eigenvalue weighted by atomic mass is 16.6. The van der Waals surface area contributed by atoms with Gasteiger partial charge >= 0.3 is 6.03 Å². The topological polar surface area (TPSA) is 112 Å². The number of ether oxygens (including phenoxy) is 2. The molecular formula is C23H26N6O4. The number of H-pyrrole nitrogens is 1. The third kappa shape index (κ3) is 5.01. The summed E-state index contributed by atoms with van der Waals surface area (Å²) in [5.74, 6) is 1.72. The number of aromatic nitrogens is 2. The van der Waals surface area contributed by atoms with Crippen LogP contribution in [-0.2, 0) is 4.79 Å². The number of fused-ring (bicyclic) bond motifs is 2. The van der Waals surface area contributed by atoms with Crippen LogP contribution in [0.5, 0.6) is 11.5 Å². The second-order valence-corrected chi connectivity index (χ2v) is 8.06. The number of anilines is 2. The summed E-state index contributed by atoms with van der Waals surface area (Å²) in [5.41, 5.74) is 2.48. The number of aromatic amines is 1. The fourth-order valence-corrected chi connectivity index (χ4v) is 4.08. The number of carbonyl (C=O) groups is 2.